The van der Waals surface area contributed by atoms with Gasteiger partial charge in [-0.15, -0.1) is 0 Å². The van der Waals surface area contributed by atoms with E-state index >= 15 is 0 Å². The molecule has 0 radical (unpaired) electrons. The molecule has 0 fully saturated rings. The molecule has 0 aliphatic carbocycles. The number of ether oxygens (including phenoxy) is 2. The lowest BCUT2D eigenvalue weighted by molar-refractivity contribution is -0.143. The number of rotatable bonds is 7. The van der Waals surface area contributed by atoms with E-state index in [1.165, 1.54) is 6.08 Å². The second kappa shape index (κ2) is 8.29. The van der Waals surface area contributed by atoms with Gasteiger partial charge in [-0.1, -0.05) is 104 Å². The first-order chi connectivity index (χ1) is 14.2. The van der Waals surface area contributed by atoms with E-state index in [1.807, 2.05) is 54.6 Å². The minimum Gasteiger partial charge on any atom is -0.452 e. The molecule has 0 aromatic heterocycles. The smallest absolute Gasteiger partial charge is 0.338 e. The number of hydrogen-bond acceptors (Lipinski definition) is 3. The zero-order valence-electron chi connectivity index (χ0n) is 16.0. The molecule has 3 heteroatoms. The number of cyclic esters (lactones) is 1. The Kier molecular flexibility index (Phi) is 5.41. The van der Waals surface area contributed by atoms with Gasteiger partial charge in [0.15, 0.2) is 0 Å². The van der Waals surface area contributed by atoms with Crippen LogP contribution in [0.25, 0.3) is 0 Å². The molecule has 3 aromatic rings. The Labute approximate surface area is 170 Å². The average Bonchev–Trinajstić information content (AvgIpc) is 3.16. The summed E-state index contributed by atoms with van der Waals surface area (Å²) in [5.74, 6) is -0.363. The summed E-state index contributed by atoms with van der Waals surface area (Å²) in [6.45, 7) is 3.89. The Bertz CT molecular complexity index is 911. The van der Waals surface area contributed by atoms with Gasteiger partial charge < -0.3 is 9.47 Å². The van der Waals surface area contributed by atoms with Crippen LogP contribution in [0.2, 0.25) is 0 Å². The van der Waals surface area contributed by atoms with Crippen molar-refractivity contribution in [3.8, 4) is 0 Å². The van der Waals surface area contributed by atoms with Crippen LogP contribution in [0.3, 0.4) is 0 Å². The lowest BCUT2D eigenvalue weighted by Gasteiger charge is -2.36. The fourth-order valence-corrected chi connectivity index (χ4v) is 3.72. The molecule has 0 saturated heterocycles. The Morgan fingerprint density at radius 2 is 1.28 bits per heavy atom. The van der Waals surface area contributed by atoms with Crippen LogP contribution in [0.4, 0.5) is 0 Å². The number of hydrogen-bond donors (Lipinski definition) is 0. The quantitative estimate of drug-likeness (QED) is 0.425. The highest BCUT2D eigenvalue weighted by Gasteiger charge is 2.39. The van der Waals surface area contributed by atoms with Crippen LogP contribution in [-0.2, 0) is 19.9 Å². The summed E-state index contributed by atoms with van der Waals surface area (Å²) in [5, 5.41) is 0. The molecule has 3 nitrogen and oxygen atoms in total. The fourth-order valence-electron chi connectivity index (χ4n) is 3.72. The van der Waals surface area contributed by atoms with Gasteiger partial charge in [-0.05, 0) is 22.8 Å². The van der Waals surface area contributed by atoms with Crippen LogP contribution in [-0.4, -0.2) is 18.7 Å². The molecule has 1 atom stereocenters. The van der Waals surface area contributed by atoms with Crippen molar-refractivity contribution in [3.05, 3.63) is 132 Å². The van der Waals surface area contributed by atoms with Crippen molar-refractivity contribution in [2.75, 3.05) is 6.61 Å². The van der Waals surface area contributed by atoms with Gasteiger partial charge >= 0.3 is 5.97 Å². The van der Waals surface area contributed by atoms with Gasteiger partial charge in [-0.3, -0.25) is 0 Å². The first-order valence-corrected chi connectivity index (χ1v) is 9.60. The summed E-state index contributed by atoms with van der Waals surface area (Å²) in [4.78, 5) is 11.9. The highest BCUT2D eigenvalue weighted by atomic mass is 16.6. The van der Waals surface area contributed by atoms with E-state index in [4.69, 9.17) is 9.47 Å². The predicted molar refractivity (Wildman–Crippen MR) is 113 cm³/mol. The van der Waals surface area contributed by atoms with Crippen molar-refractivity contribution >= 4 is 5.97 Å². The molecule has 1 aliphatic heterocycles. The molecule has 0 bridgehead atoms. The average molecular weight is 382 g/mol. The van der Waals surface area contributed by atoms with Crippen LogP contribution in [0, 0.1) is 0 Å². The van der Waals surface area contributed by atoms with Crippen molar-refractivity contribution in [2.24, 2.45) is 0 Å². The second-order valence-corrected chi connectivity index (χ2v) is 6.86. The predicted octanol–water partition coefficient (Wildman–Crippen LogP) is 5.03. The van der Waals surface area contributed by atoms with Crippen LogP contribution in [0.1, 0.15) is 16.7 Å². The van der Waals surface area contributed by atoms with Gasteiger partial charge in [-0.25, -0.2) is 4.79 Å². The van der Waals surface area contributed by atoms with E-state index in [2.05, 4.69) is 43.0 Å². The van der Waals surface area contributed by atoms with Gasteiger partial charge in [0.25, 0.3) is 0 Å². The molecule has 4 rings (SSSR count). The number of carbonyl (C=O) groups is 1. The Hall–Kier alpha value is -3.43. The van der Waals surface area contributed by atoms with Gasteiger partial charge in [-0.2, -0.15) is 0 Å². The van der Waals surface area contributed by atoms with Gasteiger partial charge in [0, 0.05) is 0 Å². The highest BCUT2D eigenvalue weighted by molar-refractivity contribution is 5.93. The van der Waals surface area contributed by atoms with E-state index < -0.39 is 11.7 Å². The highest BCUT2D eigenvalue weighted by Crippen LogP contribution is 2.40. The van der Waals surface area contributed by atoms with Crippen LogP contribution in [0.5, 0.6) is 0 Å². The molecular formula is C26H22O3. The summed E-state index contributed by atoms with van der Waals surface area (Å²) in [6.07, 6.45) is 2.83. The number of esters is 1. The largest absolute Gasteiger partial charge is 0.452 e. The van der Waals surface area contributed by atoms with Crippen LogP contribution < -0.4 is 0 Å². The van der Waals surface area contributed by atoms with Gasteiger partial charge in [0.05, 0.1) is 12.2 Å². The standard InChI is InChI=1S/C26H22O3/c1-2-20-18-24(29-25(20)27)19-28-26(21-12-6-3-7-13-21,22-14-8-4-9-15-22)23-16-10-5-11-17-23/h2-18,24H,1,19H2/t24-/m0/s1. The van der Waals surface area contributed by atoms with Crippen molar-refractivity contribution in [3.63, 3.8) is 0 Å². The summed E-state index contributed by atoms with van der Waals surface area (Å²) in [7, 11) is 0. The summed E-state index contributed by atoms with van der Waals surface area (Å²) < 4.78 is 12.1. The normalized spacial score (nSPS) is 16.2. The lowest BCUT2D eigenvalue weighted by atomic mass is 9.80. The zero-order valence-corrected chi connectivity index (χ0v) is 16.0. The van der Waals surface area contributed by atoms with E-state index in [1.54, 1.807) is 6.08 Å². The monoisotopic (exact) mass is 382 g/mol. The first-order valence-electron chi connectivity index (χ1n) is 9.60. The van der Waals surface area contributed by atoms with Crippen molar-refractivity contribution < 1.29 is 14.3 Å². The Balaban J connectivity index is 1.81. The van der Waals surface area contributed by atoms with E-state index in [9.17, 15) is 4.79 Å². The van der Waals surface area contributed by atoms with E-state index in [0.29, 0.717) is 5.57 Å². The Morgan fingerprint density at radius 3 is 1.66 bits per heavy atom. The molecule has 0 saturated carbocycles. The molecule has 0 amide bonds. The molecule has 1 heterocycles. The molecular weight excluding hydrogens is 360 g/mol. The SMILES string of the molecule is C=CC1=C[C@@H](COC(c2ccccc2)(c2ccccc2)c2ccccc2)OC1=O. The minimum absolute atomic E-state index is 0.224. The fraction of sp³-hybridized carbons (Fsp3) is 0.115. The molecule has 0 spiro atoms. The topological polar surface area (TPSA) is 35.5 Å². The zero-order chi connectivity index (χ0) is 20.1. The summed E-state index contributed by atoms with van der Waals surface area (Å²) >= 11 is 0. The van der Waals surface area contributed by atoms with Crippen molar-refractivity contribution in [2.45, 2.75) is 11.7 Å². The third-order valence-corrected chi connectivity index (χ3v) is 5.08. The van der Waals surface area contributed by atoms with Crippen molar-refractivity contribution in [1.29, 1.82) is 0 Å². The second-order valence-electron chi connectivity index (χ2n) is 6.86. The molecule has 3 aromatic carbocycles. The molecule has 0 unspecified atom stereocenters. The first kappa shape index (κ1) is 18.9. The summed E-state index contributed by atoms with van der Waals surface area (Å²) in [5.41, 5.74) is 2.67. The van der Waals surface area contributed by atoms with E-state index in [-0.39, 0.29) is 12.6 Å². The molecule has 0 N–H and O–H groups in total. The van der Waals surface area contributed by atoms with Gasteiger partial charge in [0.1, 0.15) is 11.7 Å². The maximum atomic E-state index is 11.9. The number of benzene rings is 3. The van der Waals surface area contributed by atoms with Crippen molar-refractivity contribution in [1.82, 2.24) is 0 Å². The third-order valence-electron chi connectivity index (χ3n) is 5.08. The lowest BCUT2D eigenvalue weighted by Crippen LogP contribution is -2.35. The molecule has 29 heavy (non-hydrogen) atoms. The summed E-state index contributed by atoms with van der Waals surface area (Å²) in [6, 6.07) is 30.4. The van der Waals surface area contributed by atoms with E-state index in [0.717, 1.165) is 16.7 Å². The maximum absolute atomic E-state index is 11.9. The Morgan fingerprint density at radius 1 is 0.828 bits per heavy atom. The van der Waals surface area contributed by atoms with Gasteiger partial charge in [0.2, 0.25) is 0 Å². The van der Waals surface area contributed by atoms with Crippen LogP contribution in [0.15, 0.2) is 115 Å². The number of carbonyl (C=O) groups excluding carboxylic acids is 1. The third kappa shape index (κ3) is 3.65. The molecule has 144 valence electrons. The minimum atomic E-state index is -0.832. The molecule has 1 aliphatic rings. The maximum Gasteiger partial charge on any atom is 0.338 e. The van der Waals surface area contributed by atoms with Crippen LogP contribution >= 0.6 is 0 Å².